The predicted molar refractivity (Wildman–Crippen MR) is 115 cm³/mol. The van der Waals surface area contributed by atoms with Crippen molar-refractivity contribution in [2.45, 2.75) is 50.2 Å². The lowest BCUT2D eigenvalue weighted by Gasteiger charge is -2.34. The Hall–Kier alpha value is -2.16. The third-order valence-electron chi connectivity index (χ3n) is 5.13. The minimum atomic E-state index is -3.59. The summed E-state index contributed by atoms with van der Waals surface area (Å²) in [5.41, 5.74) is -0.411. The van der Waals surface area contributed by atoms with Crippen molar-refractivity contribution in [2.75, 3.05) is 13.1 Å². The van der Waals surface area contributed by atoms with E-state index in [0.29, 0.717) is 42.3 Å². The second-order valence-electron chi connectivity index (χ2n) is 7.86. The minimum absolute atomic E-state index is 0.118. The Labute approximate surface area is 182 Å². The smallest absolute Gasteiger partial charge is 0.263 e. The van der Waals surface area contributed by atoms with Crippen LogP contribution in [0.3, 0.4) is 0 Å². The van der Waals surface area contributed by atoms with Gasteiger partial charge in [0.25, 0.3) is 5.91 Å². The van der Waals surface area contributed by atoms with Gasteiger partial charge in [-0.05, 0) is 69.5 Å². The van der Waals surface area contributed by atoms with E-state index in [1.807, 2.05) is 0 Å². The molecule has 0 radical (unpaired) electrons. The van der Waals surface area contributed by atoms with E-state index in [1.54, 1.807) is 57.3 Å². The summed E-state index contributed by atoms with van der Waals surface area (Å²) in [6, 6.07) is 8.38. The second kappa shape index (κ2) is 8.91. The van der Waals surface area contributed by atoms with Gasteiger partial charge < -0.3 is 10.1 Å². The number of amides is 1. The summed E-state index contributed by atoms with van der Waals surface area (Å²) in [4.78, 5) is 16.9. The van der Waals surface area contributed by atoms with Crippen LogP contribution in [0.4, 0.5) is 0 Å². The van der Waals surface area contributed by atoms with Crippen LogP contribution in [0.1, 0.15) is 32.3 Å². The quantitative estimate of drug-likeness (QED) is 0.728. The lowest BCUT2D eigenvalue weighted by Crippen LogP contribution is -2.53. The summed E-state index contributed by atoms with van der Waals surface area (Å²) >= 11 is 5.88. The molecular weight excluding hydrogens is 426 g/mol. The number of aryl methyl sites for hydroxylation is 1. The van der Waals surface area contributed by atoms with Gasteiger partial charge in [-0.15, -0.1) is 0 Å². The summed E-state index contributed by atoms with van der Waals surface area (Å²) in [6.07, 6.45) is 4.02. The van der Waals surface area contributed by atoms with Crippen LogP contribution in [0.25, 0.3) is 0 Å². The summed E-state index contributed by atoms with van der Waals surface area (Å²) in [5, 5.41) is 3.58. The molecule has 1 aromatic heterocycles. The SMILES string of the molecule is Cc1ccncc1S(=O)(=O)N1CCC(NC(=O)C(C)(C)Oc2ccc(Cl)cc2)CC1. The monoisotopic (exact) mass is 451 g/mol. The normalized spacial score (nSPS) is 16.3. The van der Waals surface area contributed by atoms with Crippen molar-refractivity contribution >= 4 is 27.5 Å². The van der Waals surface area contributed by atoms with Crippen molar-refractivity contribution in [3.63, 3.8) is 0 Å². The van der Waals surface area contributed by atoms with Gasteiger partial charge >= 0.3 is 0 Å². The van der Waals surface area contributed by atoms with Gasteiger partial charge in [-0.1, -0.05) is 11.6 Å². The van der Waals surface area contributed by atoms with Crippen molar-refractivity contribution in [2.24, 2.45) is 0 Å². The predicted octanol–water partition coefficient (Wildman–Crippen LogP) is 3.17. The van der Waals surface area contributed by atoms with E-state index in [0.717, 1.165) is 0 Å². The molecule has 1 aromatic carbocycles. The molecule has 0 saturated carbocycles. The molecule has 1 N–H and O–H groups in total. The first-order chi connectivity index (χ1) is 14.1. The third kappa shape index (κ3) is 5.11. The zero-order valence-electron chi connectivity index (χ0n) is 17.3. The topological polar surface area (TPSA) is 88.6 Å². The lowest BCUT2D eigenvalue weighted by atomic mass is 10.0. The van der Waals surface area contributed by atoms with E-state index in [-0.39, 0.29) is 16.8 Å². The summed E-state index contributed by atoms with van der Waals surface area (Å²) in [6.45, 7) is 5.81. The molecule has 0 spiro atoms. The molecule has 3 rings (SSSR count). The van der Waals surface area contributed by atoms with Crippen LogP contribution >= 0.6 is 11.6 Å². The van der Waals surface area contributed by atoms with Crippen molar-refractivity contribution in [1.82, 2.24) is 14.6 Å². The van der Waals surface area contributed by atoms with Gasteiger partial charge in [-0.2, -0.15) is 4.31 Å². The van der Waals surface area contributed by atoms with Crippen LogP contribution in [-0.2, 0) is 14.8 Å². The zero-order valence-corrected chi connectivity index (χ0v) is 18.8. The number of aromatic nitrogens is 1. The van der Waals surface area contributed by atoms with Gasteiger partial charge in [0.1, 0.15) is 10.6 Å². The van der Waals surface area contributed by atoms with Crippen molar-refractivity contribution in [1.29, 1.82) is 0 Å². The van der Waals surface area contributed by atoms with Crippen LogP contribution in [0.2, 0.25) is 5.02 Å². The summed E-state index contributed by atoms with van der Waals surface area (Å²) < 4.78 is 33.1. The second-order valence-corrected chi connectivity index (χ2v) is 10.2. The number of nitrogens with zero attached hydrogens (tertiary/aromatic N) is 2. The van der Waals surface area contributed by atoms with Crippen molar-refractivity contribution in [3.05, 3.63) is 53.3 Å². The van der Waals surface area contributed by atoms with Crippen LogP contribution < -0.4 is 10.1 Å². The van der Waals surface area contributed by atoms with Crippen molar-refractivity contribution < 1.29 is 17.9 Å². The largest absolute Gasteiger partial charge is 0.478 e. The van der Waals surface area contributed by atoms with Gasteiger partial charge in [-0.3, -0.25) is 9.78 Å². The van der Waals surface area contributed by atoms with Gasteiger partial charge in [0, 0.05) is 36.5 Å². The molecule has 0 bridgehead atoms. The Bertz CT molecular complexity index is 1000. The number of rotatable bonds is 6. The number of carbonyl (C=O) groups is 1. The molecule has 2 aromatic rings. The molecule has 7 nitrogen and oxygen atoms in total. The summed E-state index contributed by atoms with van der Waals surface area (Å²) in [7, 11) is -3.59. The van der Waals surface area contributed by atoms with Crippen LogP contribution in [0.15, 0.2) is 47.6 Å². The molecule has 162 valence electrons. The average molecular weight is 452 g/mol. The Morgan fingerprint density at radius 3 is 2.43 bits per heavy atom. The van der Waals surface area contributed by atoms with Gasteiger partial charge in [0.05, 0.1) is 0 Å². The highest BCUT2D eigenvalue weighted by atomic mass is 35.5. The fourth-order valence-corrected chi connectivity index (χ4v) is 5.07. The number of nitrogens with one attached hydrogen (secondary N) is 1. The maximum atomic E-state index is 12.9. The molecule has 1 fully saturated rings. The Balaban J connectivity index is 1.58. The number of piperidine rings is 1. The minimum Gasteiger partial charge on any atom is -0.478 e. The van der Waals surface area contributed by atoms with Crippen molar-refractivity contribution in [3.8, 4) is 5.75 Å². The molecule has 0 unspecified atom stereocenters. The molecule has 2 heterocycles. The zero-order chi connectivity index (χ0) is 21.9. The number of hydrogen-bond acceptors (Lipinski definition) is 5. The van der Waals surface area contributed by atoms with E-state index in [4.69, 9.17) is 16.3 Å². The molecular formula is C21H26ClN3O4S. The molecule has 1 amide bonds. The lowest BCUT2D eigenvalue weighted by molar-refractivity contribution is -0.135. The molecule has 1 aliphatic heterocycles. The maximum Gasteiger partial charge on any atom is 0.263 e. The van der Waals surface area contributed by atoms with Crippen LogP contribution in [0, 0.1) is 6.92 Å². The standard InChI is InChI=1S/C21H26ClN3O4S/c1-15-8-11-23-14-19(15)30(27,28)25-12-9-17(10-13-25)24-20(26)21(2,3)29-18-6-4-16(22)5-7-18/h4-8,11,14,17H,9-10,12-13H2,1-3H3,(H,24,26). The number of ether oxygens (including phenoxy) is 1. The first-order valence-electron chi connectivity index (χ1n) is 9.76. The fraction of sp³-hybridized carbons (Fsp3) is 0.429. The number of benzene rings is 1. The number of halogens is 1. The molecule has 30 heavy (non-hydrogen) atoms. The number of sulfonamides is 1. The van der Waals surface area contributed by atoms with Crippen LogP contribution in [0.5, 0.6) is 5.75 Å². The number of pyridine rings is 1. The van der Waals surface area contributed by atoms with E-state index in [2.05, 4.69) is 10.3 Å². The highest BCUT2D eigenvalue weighted by Gasteiger charge is 2.35. The third-order valence-corrected chi connectivity index (χ3v) is 7.41. The highest BCUT2D eigenvalue weighted by Crippen LogP contribution is 2.24. The average Bonchev–Trinajstić information content (AvgIpc) is 2.70. The maximum absolute atomic E-state index is 12.9. The first-order valence-corrected chi connectivity index (χ1v) is 11.6. The van der Waals surface area contributed by atoms with E-state index < -0.39 is 15.6 Å². The Morgan fingerprint density at radius 1 is 1.20 bits per heavy atom. The molecule has 1 aliphatic rings. The molecule has 0 aliphatic carbocycles. The van der Waals surface area contributed by atoms with Gasteiger partial charge in [-0.25, -0.2) is 8.42 Å². The highest BCUT2D eigenvalue weighted by molar-refractivity contribution is 7.89. The van der Waals surface area contributed by atoms with Gasteiger partial charge in [0.15, 0.2) is 5.60 Å². The number of carbonyl (C=O) groups excluding carboxylic acids is 1. The number of hydrogen-bond donors (Lipinski definition) is 1. The molecule has 9 heteroatoms. The fourth-order valence-electron chi connectivity index (χ4n) is 3.30. The summed E-state index contributed by atoms with van der Waals surface area (Å²) in [5.74, 6) is 0.300. The van der Waals surface area contributed by atoms with E-state index >= 15 is 0 Å². The molecule has 1 saturated heterocycles. The Kier molecular flexibility index (Phi) is 6.69. The van der Waals surface area contributed by atoms with Gasteiger partial charge in [0.2, 0.25) is 10.0 Å². The first kappa shape index (κ1) is 22.5. The van der Waals surface area contributed by atoms with E-state index in [1.165, 1.54) is 10.5 Å². The molecule has 0 atom stereocenters. The Morgan fingerprint density at radius 2 is 1.83 bits per heavy atom. The van der Waals surface area contributed by atoms with E-state index in [9.17, 15) is 13.2 Å². The van der Waals surface area contributed by atoms with Crippen LogP contribution in [-0.4, -0.2) is 48.3 Å².